The van der Waals surface area contributed by atoms with E-state index in [4.69, 9.17) is 18.9 Å². The van der Waals surface area contributed by atoms with Gasteiger partial charge in [-0.15, -0.1) is 0 Å². The van der Waals surface area contributed by atoms with Crippen molar-refractivity contribution < 1.29 is 28.7 Å². The summed E-state index contributed by atoms with van der Waals surface area (Å²) in [6.07, 6.45) is 3.15. The molecule has 0 amide bonds. The fourth-order valence-electron chi connectivity index (χ4n) is 4.73. The van der Waals surface area contributed by atoms with Crippen LogP contribution in [0.5, 0.6) is 17.2 Å². The molecule has 0 N–H and O–H groups in total. The summed E-state index contributed by atoms with van der Waals surface area (Å²) < 4.78 is 24.5. The number of fused-ring (bicyclic) bond motifs is 1. The van der Waals surface area contributed by atoms with Crippen LogP contribution in [0.3, 0.4) is 0 Å². The largest absolute Gasteiger partial charge is 0.490 e. The number of esters is 1. The zero-order valence-corrected chi connectivity index (χ0v) is 25.0. The SMILES string of the molecule is CCOc1ccc([C@H]2C(C(=O)OC)=CN=c3s/c(=C\c4ccccc4OCc4ccc([N+](=O)[O-])cc4)c(=O)n32)cc1OCC. The number of hydrogen-bond donors (Lipinski definition) is 0. The molecule has 2 heterocycles. The van der Waals surface area contributed by atoms with Crippen LogP contribution in [0.4, 0.5) is 5.69 Å². The molecular formula is C32H29N3O8S. The van der Waals surface area contributed by atoms with E-state index in [1.807, 2.05) is 32.0 Å². The molecule has 0 aliphatic carbocycles. The van der Waals surface area contributed by atoms with Gasteiger partial charge in [0, 0.05) is 23.9 Å². The molecule has 3 aromatic carbocycles. The van der Waals surface area contributed by atoms with Crippen molar-refractivity contribution in [3.63, 3.8) is 0 Å². The summed E-state index contributed by atoms with van der Waals surface area (Å²) in [6.45, 7) is 4.75. The Bertz CT molecular complexity index is 1910. The average Bonchev–Trinajstić information content (AvgIpc) is 3.35. The monoisotopic (exact) mass is 615 g/mol. The second-order valence-electron chi connectivity index (χ2n) is 9.50. The molecule has 0 fully saturated rings. The van der Waals surface area contributed by atoms with Crippen molar-refractivity contribution in [2.24, 2.45) is 4.99 Å². The highest BCUT2D eigenvalue weighted by molar-refractivity contribution is 7.07. The number of thiazole rings is 1. The van der Waals surface area contributed by atoms with Crippen molar-refractivity contribution in [2.75, 3.05) is 20.3 Å². The second kappa shape index (κ2) is 13.4. The Morgan fingerprint density at radius 1 is 1.00 bits per heavy atom. The van der Waals surface area contributed by atoms with Crippen LogP contribution < -0.4 is 29.1 Å². The predicted molar refractivity (Wildman–Crippen MR) is 164 cm³/mol. The van der Waals surface area contributed by atoms with E-state index in [2.05, 4.69) is 4.99 Å². The number of para-hydroxylation sites is 1. The molecule has 1 aromatic heterocycles. The number of carbonyl (C=O) groups excluding carboxylic acids is 1. The third-order valence-corrected chi connectivity index (χ3v) is 7.75. The molecular weight excluding hydrogens is 586 g/mol. The van der Waals surface area contributed by atoms with Gasteiger partial charge in [-0.2, -0.15) is 0 Å². The van der Waals surface area contributed by atoms with Crippen molar-refractivity contribution >= 4 is 29.1 Å². The van der Waals surface area contributed by atoms with Crippen molar-refractivity contribution in [2.45, 2.75) is 26.5 Å². The number of carbonyl (C=O) groups is 1. The highest BCUT2D eigenvalue weighted by Gasteiger charge is 2.31. The quantitative estimate of drug-likeness (QED) is 0.139. The molecule has 0 spiro atoms. The maximum absolute atomic E-state index is 14.0. The average molecular weight is 616 g/mol. The summed E-state index contributed by atoms with van der Waals surface area (Å²) in [4.78, 5) is 42.2. The number of nitro benzene ring substituents is 1. The Labute approximate surface area is 256 Å². The number of nitrogens with zero attached hydrogens (tertiary/aromatic N) is 3. The van der Waals surface area contributed by atoms with Crippen molar-refractivity contribution in [1.82, 2.24) is 4.57 Å². The van der Waals surface area contributed by atoms with E-state index < -0.39 is 16.9 Å². The van der Waals surface area contributed by atoms with E-state index in [1.165, 1.54) is 41.3 Å². The molecule has 5 rings (SSSR count). The molecule has 1 aliphatic heterocycles. The first-order valence-corrected chi connectivity index (χ1v) is 14.6. The van der Waals surface area contributed by atoms with Gasteiger partial charge < -0.3 is 18.9 Å². The molecule has 0 unspecified atom stereocenters. The first kappa shape index (κ1) is 30.2. The summed E-state index contributed by atoms with van der Waals surface area (Å²) in [5.74, 6) is 0.968. The van der Waals surface area contributed by atoms with Crippen molar-refractivity contribution in [3.8, 4) is 17.2 Å². The van der Waals surface area contributed by atoms with Crippen molar-refractivity contribution in [3.05, 3.63) is 125 Å². The van der Waals surface area contributed by atoms with Crippen LogP contribution in [0.1, 0.15) is 36.6 Å². The molecule has 226 valence electrons. The molecule has 0 radical (unpaired) electrons. The lowest BCUT2D eigenvalue weighted by Gasteiger charge is -2.23. The molecule has 12 heteroatoms. The highest BCUT2D eigenvalue weighted by Crippen LogP contribution is 2.35. The van der Waals surface area contributed by atoms with Crippen molar-refractivity contribution in [1.29, 1.82) is 0 Å². The number of methoxy groups -OCH3 is 1. The third kappa shape index (κ3) is 6.25. The van der Waals surface area contributed by atoms with Crippen LogP contribution >= 0.6 is 11.3 Å². The van der Waals surface area contributed by atoms with Gasteiger partial charge in [-0.3, -0.25) is 19.5 Å². The highest BCUT2D eigenvalue weighted by atomic mass is 32.1. The van der Waals surface area contributed by atoms with Gasteiger partial charge in [-0.25, -0.2) is 9.79 Å². The van der Waals surface area contributed by atoms with Crippen LogP contribution in [0.15, 0.2) is 88.3 Å². The zero-order chi connectivity index (χ0) is 31.2. The maximum Gasteiger partial charge on any atom is 0.337 e. The van der Waals surface area contributed by atoms with Gasteiger partial charge in [0.2, 0.25) is 0 Å². The fraction of sp³-hybridized carbons (Fsp3) is 0.219. The van der Waals surface area contributed by atoms with E-state index in [1.54, 1.807) is 42.5 Å². The van der Waals surface area contributed by atoms with E-state index in [-0.39, 0.29) is 23.4 Å². The summed E-state index contributed by atoms with van der Waals surface area (Å²) >= 11 is 1.19. The van der Waals surface area contributed by atoms with Gasteiger partial charge in [0.25, 0.3) is 11.2 Å². The van der Waals surface area contributed by atoms with Gasteiger partial charge in [0.1, 0.15) is 12.4 Å². The lowest BCUT2D eigenvalue weighted by atomic mass is 9.97. The van der Waals surface area contributed by atoms with E-state index >= 15 is 0 Å². The van der Waals surface area contributed by atoms with Crippen LogP contribution in [0.2, 0.25) is 0 Å². The Hall–Kier alpha value is -5.23. The van der Waals surface area contributed by atoms with E-state index in [9.17, 15) is 19.7 Å². The number of hydrogen-bond acceptors (Lipinski definition) is 10. The standard InChI is InChI=1S/C32H29N3O8S/c1-4-41-26-15-12-22(16-27(26)42-5-2)29-24(31(37)40-3)18-33-32-34(29)30(36)28(44-32)17-21-8-6-7-9-25(21)43-19-20-10-13-23(14-11-20)35(38)39/h6-18,29H,4-5,19H2,1-3H3/b28-17-/t29-/m0/s1. The molecule has 11 nitrogen and oxygen atoms in total. The minimum absolute atomic E-state index is 0.00228. The Morgan fingerprint density at radius 3 is 2.43 bits per heavy atom. The smallest absolute Gasteiger partial charge is 0.337 e. The van der Waals surface area contributed by atoms with Crippen LogP contribution in [0, 0.1) is 10.1 Å². The first-order valence-electron chi connectivity index (χ1n) is 13.8. The molecule has 4 aromatic rings. The number of nitro groups is 1. The lowest BCUT2D eigenvalue weighted by Crippen LogP contribution is -2.39. The first-order chi connectivity index (χ1) is 21.3. The minimum atomic E-state index is -0.815. The van der Waals surface area contributed by atoms with E-state index in [0.717, 1.165) is 5.56 Å². The summed E-state index contributed by atoms with van der Waals surface area (Å²) in [7, 11) is 1.28. The lowest BCUT2D eigenvalue weighted by molar-refractivity contribution is -0.384. The predicted octanol–water partition coefficient (Wildman–Crippen LogP) is 4.30. The number of rotatable bonds is 11. The van der Waals surface area contributed by atoms with Crippen LogP contribution in [-0.2, 0) is 16.1 Å². The summed E-state index contributed by atoms with van der Waals surface area (Å²) in [5, 5.41) is 11.0. The zero-order valence-electron chi connectivity index (χ0n) is 24.2. The Balaban J connectivity index is 1.54. The second-order valence-corrected chi connectivity index (χ2v) is 10.5. The van der Waals surface area contributed by atoms with Gasteiger partial charge in [0.15, 0.2) is 16.3 Å². The normalized spacial score (nSPS) is 14.2. The molecule has 0 saturated heterocycles. The summed E-state index contributed by atoms with van der Waals surface area (Å²) in [5.41, 5.74) is 1.89. The number of benzene rings is 3. The van der Waals surface area contributed by atoms with Crippen LogP contribution in [-0.4, -0.2) is 35.8 Å². The van der Waals surface area contributed by atoms with Gasteiger partial charge >= 0.3 is 5.97 Å². The molecule has 0 bridgehead atoms. The molecule has 0 saturated carbocycles. The fourth-order valence-corrected chi connectivity index (χ4v) is 5.70. The summed E-state index contributed by atoms with van der Waals surface area (Å²) in [6, 6.07) is 17.9. The number of non-ortho nitro benzene ring substituents is 1. The molecule has 1 atom stereocenters. The Morgan fingerprint density at radius 2 is 1.73 bits per heavy atom. The van der Waals surface area contributed by atoms with Gasteiger partial charge in [0.05, 0.1) is 41.4 Å². The number of aromatic nitrogens is 1. The molecule has 44 heavy (non-hydrogen) atoms. The molecule has 1 aliphatic rings. The number of ether oxygens (including phenoxy) is 4. The topological polar surface area (TPSA) is 131 Å². The Kier molecular flexibility index (Phi) is 9.20. The van der Waals surface area contributed by atoms with Crippen LogP contribution in [0.25, 0.3) is 6.08 Å². The minimum Gasteiger partial charge on any atom is -0.490 e. The van der Waals surface area contributed by atoms with Gasteiger partial charge in [-0.05, 0) is 61.4 Å². The maximum atomic E-state index is 14.0. The van der Waals surface area contributed by atoms with E-state index in [0.29, 0.717) is 50.9 Å². The third-order valence-electron chi connectivity index (χ3n) is 6.76. The van der Waals surface area contributed by atoms with Gasteiger partial charge in [-0.1, -0.05) is 35.6 Å².